The van der Waals surface area contributed by atoms with E-state index in [1.807, 2.05) is 13.8 Å². The van der Waals surface area contributed by atoms with Crippen LogP contribution >= 0.6 is 0 Å². The number of ether oxygens (including phenoxy) is 1. The lowest BCUT2D eigenvalue weighted by atomic mass is 10.1. The average Bonchev–Trinajstić information content (AvgIpc) is 2.13. The molecule has 0 aliphatic carbocycles. The lowest BCUT2D eigenvalue weighted by molar-refractivity contribution is -0.155. The SMILES string of the molecule is C=C(C)C(=O)OC(C)(C)NC(CC)CC. The zero-order valence-corrected chi connectivity index (χ0v) is 10.5. The summed E-state index contributed by atoms with van der Waals surface area (Å²) in [6.07, 6.45) is 2.04. The molecule has 15 heavy (non-hydrogen) atoms. The lowest BCUT2D eigenvalue weighted by Gasteiger charge is -2.30. The van der Waals surface area contributed by atoms with E-state index in [9.17, 15) is 4.79 Å². The van der Waals surface area contributed by atoms with Gasteiger partial charge in [0, 0.05) is 11.6 Å². The minimum atomic E-state index is -0.632. The van der Waals surface area contributed by atoms with Crippen LogP contribution in [0.25, 0.3) is 0 Å². The quantitative estimate of drug-likeness (QED) is 0.419. The second kappa shape index (κ2) is 5.91. The van der Waals surface area contributed by atoms with Gasteiger partial charge in [-0.15, -0.1) is 0 Å². The Labute approximate surface area is 92.9 Å². The van der Waals surface area contributed by atoms with Crippen LogP contribution < -0.4 is 5.32 Å². The van der Waals surface area contributed by atoms with E-state index in [4.69, 9.17) is 4.74 Å². The summed E-state index contributed by atoms with van der Waals surface area (Å²) >= 11 is 0. The molecule has 0 unspecified atom stereocenters. The van der Waals surface area contributed by atoms with Gasteiger partial charge < -0.3 is 4.74 Å². The molecule has 0 aliphatic heterocycles. The fourth-order valence-corrected chi connectivity index (χ4v) is 1.33. The summed E-state index contributed by atoms with van der Waals surface area (Å²) in [5.41, 5.74) is -0.207. The molecule has 0 bridgehead atoms. The van der Waals surface area contributed by atoms with Gasteiger partial charge in [0.25, 0.3) is 0 Å². The van der Waals surface area contributed by atoms with Gasteiger partial charge in [-0.1, -0.05) is 20.4 Å². The highest BCUT2D eigenvalue weighted by atomic mass is 16.6. The van der Waals surface area contributed by atoms with Crippen molar-refractivity contribution in [1.29, 1.82) is 0 Å². The molecule has 0 amide bonds. The van der Waals surface area contributed by atoms with Crippen LogP contribution in [0.15, 0.2) is 12.2 Å². The van der Waals surface area contributed by atoms with Crippen molar-refractivity contribution in [2.24, 2.45) is 0 Å². The summed E-state index contributed by atoms with van der Waals surface area (Å²) in [6, 6.07) is 0.373. The number of carbonyl (C=O) groups is 1. The third-order valence-corrected chi connectivity index (χ3v) is 2.23. The number of nitrogens with one attached hydrogen (secondary N) is 1. The smallest absolute Gasteiger partial charge is 0.334 e. The highest BCUT2D eigenvalue weighted by Gasteiger charge is 2.24. The number of hydrogen-bond acceptors (Lipinski definition) is 3. The molecule has 0 heterocycles. The molecule has 0 aromatic carbocycles. The van der Waals surface area contributed by atoms with Crippen LogP contribution in [-0.4, -0.2) is 17.7 Å². The van der Waals surface area contributed by atoms with Crippen molar-refractivity contribution < 1.29 is 9.53 Å². The number of carbonyl (C=O) groups excluding carboxylic acids is 1. The Morgan fingerprint density at radius 2 is 1.87 bits per heavy atom. The second-order valence-corrected chi connectivity index (χ2v) is 4.34. The summed E-state index contributed by atoms with van der Waals surface area (Å²) in [4.78, 5) is 11.4. The van der Waals surface area contributed by atoms with Gasteiger partial charge in [-0.2, -0.15) is 0 Å². The maximum Gasteiger partial charge on any atom is 0.334 e. The van der Waals surface area contributed by atoms with Gasteiger partial charge >= 0.3 is 5.97 Å². The van der Waals surface area contributed by atoms with E-state index >= 15 is 0 Å². The van der Waals surface area contributed by atoms with Gasteiger partial charge in [-0.3, -0.25) is 5.32 Å². The fraction of sp³-hybridized carbons (Fsp3) is 0.750. The van der Waals surface area contributed by atoms with Crippen molar-refractivity contribution in [3.8, 4) is 0 Å². The van der Waals surface area contributed by atoms with E-state index in [0.29, 0.717) is 11.6 Å². The predicted molar refractivity (Wildman–Crippen MR) is 62.5 cm³/mol. The molecule has 88 valence electrons. The molecule has 0 atom stereocenters. The Bertz CT molecular complexity index is 230. The Balaban J connectivity index is 4.28. The van der Waals surface area contributed by atoms with Gasteiger partial charge in [0.1, 0.15) is 0 Å². The molecule has 0 aliphatic rings. The lowest BCUT2D eigenvalue weighted by Crippen LogP contribution is -2.48. The van der Waals surface area contributed by atoms with Crippen LogP contribution in [0.1, 0.15) is 47.5 Å². The monoisotopic (exact) mass is 213 g/mol. The first-order valence-electron chi connectivity index (χ1n) is 5.49. The molecule has 0 spiro atoms. The summed E-state index contributed by atoms with van der Waals surface area (Å²) in [5, 5.41) is 3.29. The van der Waals surface area contributed by atoms with E-state index < -0.39 is 5.72 Å². The van der Waals surface area contributed by atoms with Crippen LogP contribution in [0.4, 0.5) is 0 Å². The molecule has 3 heteroatoms. The van der Waals surface area contributed by atoms with Crippen LogP contribution in [0, 0.1) is 0 Å². The Morgan fingerprint density at radius 1 is 1.40 bits per heavy atom. The van der Waals surface area contributed by atoms with Crippen molar-refractivity contribution in [1.82, 2.24) is 5.32 Å². The van der Waals surface area contributed by atoms with Gasteiger partial charge in [0.05, 0.1) is 0 Å². The largest absolute Gasteiger partial charge is 0.441 e. The average molecular weight is 213 g/mol. The first-order chi connectivity index (χ1) is 6.82. The van der Waals surface area contributed by atoms with E-state index in [1.165, 1.54) is 0 Å². The van der Waals surface area contributed by atoms with Gasteiger partial charge in [-0.25, -0.2) is 4.79 Å². The Kier molecular flexibility index (Phi) is 5.58. The van der Waals surface area contributed by atoms with Crippen molar-refractivity contribution >= 4 is 5.97 Å². The van der Waals surface area contributed by atoms with E-state index in [2.05, 4.69) is 25.7 Å². The van der Waals surface area contributed by atoms with Crippen LogP contribution in [-0.2, 0) is 9.53 Å². The molecule has 0 aromatic heterocycles. The van der Waals surface area contributed by atoms with Crippen LogP contribution in [0.2, 0.25) is 0 Å². The van der Waals surface area contributed by atoms with Crippen molar-refractivity contribution in [3.05, 3.63) is 12.2 Å². The Hall–Kier alpha value is -0.830. The highest BCUT2D eigenvalue weighted by molar-refractivity contribution is 5.87. The topological polar surface area (TPSA) is 38.3 Å². The molecule has 0 rings (SSSR count). The molecule has 3 nitrogen and oxygen atoms in total. The van der Waals surface area contributed by atoms with Gasteiger partial charge in [0.2, 0.25) is 0 Å². The third kappa shape index (κ3) is 5.57. The molecule has 0 radical (unpaired) electrons. The molecule has 0 fully saturated rings. The van der Waals surface area contributed by atoms with E-state index in [0.717, 1.165) is 12.8 Å². The molecular weight excluding hydrogens is 190 g/mol. The van der Waals surface area contributed by atoms with Crippen molar-refractivity contribution in [3.63, 3.8) is 0 Å². The molecule has 1 N–H and O–H groups in total. The van der Waals surface area contributed by atoms with Crippen molar-refractivity contribution in [2.75, 3.05) is 0 Å². The minimum Gasteiger partial charge on any atom is -0.441 e. The van der Waals surface area contributed by atoms with Gasteiger partial charge in [-0.05, 0) is 33.6 Å². The number of hydrogen-bond donors (Lipinski definition) is 1. The first kappa shape index (κ1) is 14.2. The summed E-state index contributed by atoms with van der Waals surface area (Å²) in [5.74, 6) is -0.349. The number of rotatable bonds is 6. The van der Waals surface area contributed by atoms with E-state index in [-0.39, 0.29) is 5.97 Å². The maximum absolute atomic E-state index is 11.4. The van der Waals surface area contributed by atoms with Crippen molar-refractivity contribution in [2.45, 2.75) is 59.2 Å². The van der Waals surface area contributed by atoms with Crippen LogP contribution in [0.5, 0.6) is 0 Å². The fourth-order valence-electron chi connectivity index (χ4n) is 1.33. The minimum absolute atomic E-state index is 0.349. The third-order valence-electron chi connectivity index (χ3n) is 2.23. The summed E-state index contributed by atoms with van der Waals surface area (Å²) in [6.45, 7) is 13.1. The van der Waals surface area contributed by atoms with Gasteiger partial charge in [0.15, 0.2) is 5.72 Å². The van der Waals surface area contributed by atoms with E-state index in [1.54, 1.807) is 6.92 Å². The first-order valence-corrected chi connectivity index (χ1v) is 5.49. The second-order valence-electron chi connectivity index (χ2n) is 4.34. The molecule has 0 saturated carbocycles. The summed E-state index contributed by atoms with van der Waals surface area (Å²) in [7, 11) is 0. The zero-order chi connectivity index (χ0) is 12.1. The normalized spacial score (nSPS) is 11.6. The standard InChI is InChI=1S/C12H23NO2/c1-7-10(8-2)13-12(5,6)15-11(14)9(3)4/h10,13H,3,7-8H2,1-2,4-6H3. The summed E-state index contributed by atoms with van der Waals surface area (Å²) < 4.78 is 5.28. The van der Waals surface area contributed by atoms with Crippen LogP contribution in [0.3, 0.4) is 0 Å². The molecule has 0 saturated heterocycles. The highest BCUT2D eigenvalue weighted by Crippen LogP contribution is 2.11. The molecule has 0 aromatic rings. The number of esters is 1. The molecular formula is C12H23NO2. The zero-order valence-electron chi connectivity index (χ0n) is 10.5. The maximum atomic E-state index is 11.4. The predicted octanol–water partition coefficient (Wildman–Crippen LogP) is 2.62. The Morgan fingerprint density at radius 3 is 2.20 bits per heavy atom.